The van der Waals surface area contributed by atoms with Crippen molar-refractivity contribution in [1.29, 1.82) is 0 Å². The van der Waals surface area contributed by atoms with Crippen LogP contribution in [0.25, 0.3) is 0 Å². The first-order valence-corrected chi connectivity index (χ1v) is 10.9. The van der Waals surface area contributed by atoms with E-state index in [4.69, 9.17) is 0 Å². The Balaban J connectivity index is 1.57. The van der Waals surface area contributed by atoms with Crippen LogP contribution in [-0.4, -0.2) is 53.4 Å². The predicted octanol–water partition coefficient (Wildman–Crippen LogP) is 3.83. The van der Waals surface area contributed by atoms with Gasteiger partial charge in [0.25, 0.3) is 0 Å². The van der Waals surface area contributed by atoms with E-state index in [1.807, 2.05) is 37.3 Å². The van der Waals surface area contributed by atoms with Gasteiger partial charge in [-0.25, -0.2) is 9.37 Å². The van der Waals surface area contributed by atoms with Gasteiger partial charge in [-0.15, -0.1) is 0 Å². The van der Waals surface area contributed by atoms with Gasteiger partial charge in [-0.05, 0) is 31.4 Å². The minimum Gasteiger partial charge on any atom is -0.362 e. The first-order valence-electron chi connectivity index (χ1n) is 10.9. The summed E-state index contributed by atoms with van der Waals surface area (Å²) >= 11 is 0. The second-order valence-corrected chi connectivity index (χ2v) is 8.63. The van der Waals surface area contributed by atoms with Gasteiger partial charge in [0, 0.05) is 69.6 Å². The minimum atomic E-state index is -0.232. The highest BCUT2D eigenvalue weighted by Gasteiger charge is 2.40. The van der Waals surface area contributed by atoms with Crippen LogP contribution in [0.5, 0.6) is 0 Å². The average molecular weight is 411 g/mol. The number of rotatable bonds is 5. The Morgan fingerprint density at radius 2 is 1.83 bits per heavy atom. The lowest BCUT2D eigenvalue weighted by molar-refractivity contribution is -0.135. The maximum atomic E-state index is 14.3. The standard InChI is InChI=1S/C24H31FN4O/c1-27(2)24-19(9-7-14-26-24)16-28-15-13-22-21(28)11-5-6-12-23(30)29(22)17-18-8-3-4-10-20(18)25/h3-4,7-10,14,21-22H,5-6,11-13,15-17H2,1-2H3/t21-,22+/m1/s1. The highest BCUT2D eigenvalue weighted by atomic mass is 19.1. The summed E-state index contributed by atoms with van der Waals surface area (Å²) in [5.74, 6) is 0.918. The minimum absolute atomic E-state index is 0.136. The SMILES string of the molecule is CN(C)c1ncccc1CN1CC[C@H]2[C@H]1CCCCC(=O)N2Cc1ccccc1F. The summed E-state index contributed by atoms with van der Waals surface area (Å²) in [7, 11) is 4.03. The van der Waals surface area contributed by atoms with Crippen molar-refractivity contribution in [2.24, 2.45) is 0 Å². The summed E-state index contributed by atoms with van der Waals surface area (Å²) in [6.45, 7) is 2.12. The molecule has 0 unspecified atom stereocenters. The van der Waals surface area contributed by atoms with E-state index in [2.05, 4.69) is 20.9 Å². The van der Waals surface area contributed by atoms with E-state index in [1.54, 1.807) is 12.1 Å². The first kappa shape index (κ1) is 20.8. The van der Waals surface area contributed by atoms with Gasteiger partial charge in [-0.2, -0.15) is 0 Å². The summed E-state index contributed by atoms with van der Waals surface area (Å²) in [5, 5.41) is 0. The van der Waals surface area contributed by atoms with Crippen molar-refractivity contribution in [3.8, 4) is 0 Å². The van der Waals surface area contributed by atoms with Crippen LogP contribution >= 0.6 is 0 Å². The van der Waals surface area contributed by atoms with Crippen molar-refractivity contribution in [2.75, 3.05) is 25.5 Å². The number of benzene rings is 1. The molecule has 2 atom stereocenters. The number of hydrogen-bond acceptors (Lipinski definition) is 4. The number of likely N-dealkylation sites (tertiary alicyclic amines) is 2. The molecular formula is C24H31FN4O. The highest BCUT2D eigenvalue weighted by molar-refractivity contribution is 5.76. The molecule has 1 aromatic heterocycles. The summed E-state index contributed by atoms with van der Waals surface area (Å²) in [5.41, 5.74) is 1.81. The maximum absolute atomic E-state index is 14.3. The fourth-order valence-corrected chi connectivity index (χ4v) is 4.98. The number of pyridine rings is 1. The normalized spacial score (nSPS) is 22.5. The molecule has 2 aliphatic rings. The largest absolute Gasteiger partial charge is 0.362 e. The average Bonchev–Trinajstić information content (AvgIpc) is 3.11. The van der Waals surface area contributed by atoms with Gasteiger partial charge in [0.1, 0.15) is 11.6 Å². The molecule has 5 nitrogen and oxygen atoms in total. The molecular weight excluding hydrogens is 379 g/mol. The number of amides is 1. The molecule has 6 heteroatoms. The molecule has 2 aliphatic heterocycles. The maximum Gasteiger partial charge on any atom is 0.223 e. The number of carbonyl (C=O) groups is 1. The lowest BCUT2D eigenvalue weighted by Crippen LogP contribution is -2.48. The third-order valence-electron chi connectivity index (χ3n) is 6.45. The molecule has 30 heavy (non-hydrogen) atoms. The molecule has 0 radical (unpaired) electrons. The molecule has 2 saturated heterocycles. The third kappa shape index (κ3) is 4.33. The smallest absolute Gasteiger partial charge is 0.223 e. The molecule has 0 aliphatic carbocycles. The number of anilines is 1. The molecule has 3 heterocycles. The van der Waals surface area contributed by atoms with Crippen molar-refractivity contribution in [3.05, 3.63) is 59.5 Å². The summed E-state index contributed by atoms with van der Waals surface area (Å²) < 4.78 is 14.3. The van der Waals surface area contributed by atoms with Crippen molar-refractivity contribution in [3.63, 3.8) is 0 Å². The van der Waals surface area contributed by atoms with Crippen LogP contribution in [0.4, 0.5) is 10.2 Å². The van der Waals surface area contributed by atoms with Crippen molar-refractivity contribution in [1.82, 2.24) is 14.8 Å². The molecule has 0 saturated carbocycles. The molecule has 160 valence electrons. The highest BCUT2D eigenvalue weighted by Crippen LogP contribution is 2.33. The van der Waals surface area contributed by atoms with Crippen LogP contribution in [0, 0.1) is 5.82 Å². The Morgan fingerprint density at radius 1 is 1.03 bits per heavy atom. The number of halogens is 1. The van der Waals surface area contributed by atoms with E-state index >= 15 is 0 Å². The van der Waals surface area contributed by atoms with Gasteiger partial charge in [0.05, 0.1) is 0 Å². The van der Waals surface area contributed by atoms with Crippen LogP contribution in [-0.2, 0) is 17.9 Å². The molecule has 2 fully saturated rings. The van der Waals surface area contributed by atoms with Gasteiger partial charge < -0.3 is 9.80 Å². The molecule has 1 amide bonds. The van der Waals surface area contributed by atoms with Crippen LogP contribution in [0.3, 0.4) is 0 Å². The van der Waals surface area contributed by atoms with Gasteiger partial charge >= 0.3 is 0 Å². The van der Waals surface area contributed by atoms with Crippen LogP contribution in [0.15, 0.2) is 42.6 Å². The number of carbonyl (C=O) groups excluding carboxylic acids is 1. The molecule has 1 aromatic carbocycles. The van der Waals surface area contributed by atoms with Crippen LogP contribution < -0.4 is 4.90 Å². The molecule has 4 rings (SSSR count). The Hall–Kier alpha value is -2.47. The fourth-order valence-electron chi connectivity index (χ4n) is 4.98. The summed E-state index contributed by atoms with van der Waals surface area (Å²) in [6.07, 6.45) is 6.36. The Kier molecular flexibility index (Phi) is 6.32. The summed E-state index contributed by atoms with van der Waals surface area (Å²) in [4.78, 5) is 24.1. The zero-order valence-corrected chi connectivity index (χ0v) is 17.9. The molecule has 0 spiro atoms. The van der Waals surface area contributed by atoms with Gasteiger partial charge in [-0.3, -0.25) is 9.69 Å². The second-order valence-electron chi connectivity index (χ2n) is 8.63. The lowest BCUT2D eigenvalue weighted by Gasteiger charge is -2.38. The van der Waals surface area contributed by atoms with Crippen molar-refractivity contribution >= 4 is 11.7 Å². The molecule has 0 bridgehead atoms. The zero-order chi connectivity index (χ0) is 21.1. The Bertz CT molecular complexity index is 887. The van der Waals surface area contributed by atoms with E-state index < -0.39 is 0 Å². The van der Waals surface area contributed by atoms with Crippen LogP contribution in [0.2, 0.25) is 0 Å². The van der Waals surface area contributed by atoms with E-state index in [-0.39, 0.29) is 17.8 Å². The topological polar surface area (TPSA) is 39.7 Å². The lowest BCUT2D eigenvalue weighted by atomic mass is 9.96. The van der Waals surface area contributed by atoms with E-state index in [1.165, 1.54) is 11.6 Å². The number of aromatic nitrogens is 1. The van der Waals surface area contributed by atoms with Crippen LogP contribution in [0.1, 0.15) is 43.2 Å². The Labute approximate surface area is 178 Å². The zero-order valence-electron chi connectivity index (χ0n) is 17.9. The number of fused-ring (bicyclic) bond motifs is 1. The Morgan fingerprint density at radius 3 is 2.63 bits per heavy atom. The first-order chi connectivity index (χ1) is 14.5. The van der Waals surface area contributed by atoms with E-state index in [0.29, 0.717) is 24.6 Å². The number of nitrogens with zero attached hydrogens (tertiary/aromatic N) is 4. The third-order valence-corrected chi connectivity index (χ3v) is 6.45. The van der Waals surface area contributed by atoms with Gasteiger partial charge in [-0.1, -0.05) is 30.7 Å². The second kappa shape index (κ2) is 9.13. The van der Waals surface area contributed by atoms with Gasteiger partial charge in [0.15, 0.2) is 0 Å². The fraction of sp³-hybridized carbons (Fsp3) is 0.500. The summed E-state index contributed by atoms with van der Waals surface area (Å²) in [6, 6.07) is 11.4. The van der Waals surface area contributed by atoms with Crippen molar-refractivity contribution < 1.29 is 9.18 Å². The van der Waals surface area contributed by atoms with Gasteiger partial charge in [0.2, 0.25) is 5.91 Å². The van der Waals surface area contributed by atoms with Crippen molar-refractivity contribution in [2.45, 2.75) is 57.3 Å². The predicted molar refractivity (Wildman–Crippen MR) is 117 cm³/mol. The van der Waals surface area contributed by atoms with E-state index in [9.17, 15) is 9.18 Å². The molecule has 2 aromatic rings. The molecule has 0 N–H and O–H groups in total. The van der Waals surface area contributed by atoms with E-state index in [0.717, 1.165) is 44.6 Å². The quantitative estimate of drug-likeness (QED) is 0.751. The number of hydrogen-bond donors (Lipinski definition) is 0. The monoisotopic (exact) mass is 410 g/mol.